The van der Waals surface area contributed by atoms with Crippen LogP contribution < -0.4 is 5.32 Å². The molecule has 33 heavy (non-hydrogen) atoms. The molecule has 0 atom stereocenters. The van der Waals surface area contributed by atoms with Crippen LogP contribution >= 0.6 is 11.3 Å². The smallest absolute Gasteiger partial charge is 0.257 e. The number of nitrogens with one attached hydrogen (secondary N) is 1. The highest BCUT2D eigenvalue weighted by Crippen LogP contribution is 2.30. The Morgan fingerprint density at radius 3 is 2.18 bits per heavy atom. The summed E-state index contributed by atoms with van der Waals surface area (Å²) < 4.78 is 27.1. The molecule has 0 aliphatic carbocycles. The summed E-state index contributed by atoms with van der Waals surface area (Å²) in [6, 6.07) is 25.1. The van der Waals surface area contributed by atoms with E-state index in [9.17, 15) is 13.2 Å². The fourth-order valence-corrected chi connectivity index (χ4v) is 5.36. The number of thiazole rings is 1. The lowest BCUT2D eigenvalue weighted by molar-refractivity contribution is 0.102. The van der Waals surface area contributed by atoms with Gasteiger partial charge in [-0.1, -0.05) is 60.7 Å². The molecule has 0 radical (unpaired) electrons. The second-order valence-electron chi connectivity index (χ2n) is 7.52. The van der Waals surface area contributed by atoms with Crippen molar-refractivity contribution >= 4 is 32.4 Å². The maximum Gasteiger partial charge on any atom is 0.257 e. The molecule has 1 N–H and O–H groups in total. The Labute approximate surface area is 197 Å². The molecule has 4 rings (SSSR count). The molecule has 0 saturated heterocycles. The average Bonchev–Trinajstić information content (AvgIpc) is 3.20. The van der Waals surface area contributed by atoms with E-state index >= 15 is 0 Å². The van der Waals surface area contributed by atoms with E-state index < -0.39 is 10.0 Å². The molecule has 0 unspecified atom stereocenters. The van der Waals surface area contributed by atoms with Crippen molar-refractivity contribution in [3.05, 3.63) is 101 Å². The molecule has 0 aliphatic rings. The molecular weight excluding hydrogens is 454 g/mol. The lowest BCUT2D eigenvalue weighted by Crippen LogP contribution is -2.26. The minimum atomic E-state index is -3.68. The maximum atomic E-state index is 12.9. The quantitative estimate of drug-likeness (QED) is 0.397. The number of hydrogen-bond acceptors (Lipinski definition) is 5. The molecule has 1 aromatic heterocycles. The summed E-state index contributed by atoms with van der Waals surface area (Å²) in [5.74, 6) is -0.343. The van der Waals surface area contributed by atoms with Gasteiger partial charge in [0.2, 0.25) is 10.0 Å². The third-order valence-electron chi connectivity index (χ3n) is 5.14. The van der Waals surface area contributed by atoms with Gasteiger partial charge in [-0.15, -0.1) is 11.3 Å². The van der Waals surface area contributed by atoms with Crippen molar-refractivity contribution in [3.8, 4) is 11.3 Å². The standard InChI is InChI=1S/C25H23N3O3S2/c1-18-23(20-11-7-4-8-12-20)26-25(32-18)27-24(29)21-13-15-22(16-14-21)33(30,31)28(2)17-19-9-5-3-6-10-19/h3-16H,17H2,1-2H3,(H,26,27,29). The maximum absolute atomic E-state index is 12.9. The fourth-order valence-electron chi connectivity index (χ4n) is 3.37. The highest BCUT2D eigenvalue weighted by atomic mass is 32.2. The summed E-state index contributed by atoms with van der Waals surface area (Å²) >= 11 is 1.40. The van der Waals surface area contributed by atoms with Crippen molar-refractivity contribution in [1.29, 1.82) is 0 Å². The third kappa shape index (κ3) is 5.19. The predicted octanol–water partition coefficient (Wildman–Crippen LogP) is 5.19. The van der Waals surface area contributed by atoms with E-state index in [2.05, 4.69) is 10.3 Å². The van der Waals surface area contributed by atoms with Gasteiger partial charge in [0.05, 0.1) is 10.6 Å². The van der Waals surface area contributed by atoms with Gasteiger partial charge in [-0.3, -0.25) is 10.1 Å². The molecule has 0 aliphatic heterocycles. The van der Waals surface area contributed by atoms with Gasteiger partial charge < -0.3 is 0 Å². The Bertz CT molecular complexity index is 1350. The van der Waals surface area contributed by atoms with Crippen LogP contribution in [0.1, 0.15) is 20.8 Å². The Hall–Kier alpha value is -3.33. The van der Waals surface area contributed by atoms with E-state index in [-0.39, 0.29) is 17.3 Å². The van der Waals surface area contributed by atoms with E-state index in [1.54, 1.807) is 0 Å². The van der Waals surface area contributed by atoms with E-state index in [0.29, 0.717) is 10.7 Å². The average molecular weight is 478 g/mol. The molecule has 1 heterocycles. The summed E-state index contributed by atoms with van der Waals surface area (Å²) in [6.07, 6.45) is 0. The van der Waals surface area contributed by atoms with Crippen LogP contribution in [0, 0.1) is 6.92 Å². The monoisotopic (exact) mass is 477 g/mol. The summed E-state index contributed by atoms with van der Waals surface area (Å²) in [6.45, 7) is 2.22. The van der Waals surface area contributed by atoms with E-state index in [1.807, 2.05) is 67.6 Å². The number of anilines is 1. The van der Waals surface area contributed by atoms with E-state index in [1.165, 1.54) is 47.0 Å². The van der Waals surface area contributed by atoms with Crippen LogP contribution in [0.15, 0.2) is 89.8 Å². The van der Waals surface area contributed by atoms with Gasteiger partial charge in [-0.05, 0) is 36.8 Å². The topological polar surface area (TPSA) is 79.4 Å². The second kappa shape index (κ2) is 9.66. The highest BCUT2D eigenvalue weighted by molar-refractivity contribution is 7.89. The summed E-state index contributed by atoms with van der Waals surface area (Å²) in [5.41, 5.74) is 3.07. The number of aryl methyl sites for hydroxylation is 1. The van der Waals surface area contributed by atoms with Gasteiger partial charge in [0.15, 0.2) is 5.13 Å². The number of rotatable bonds is 7. The molecule has 8 heteroatoms. The van der Waals surface area contributed by atoms with E-state index in [4.69, 9.17) is 0 Å². The molecule has 0 saturated carbocycles. The van der Waals surface area contributed by atoms with E-state index in [0.717, 1.165) is 21.7 Å². The van der Waals surface area contributed by atoms with Crippen LogP contribution in [-0.2, 0) is 16.6 Å². The highest BCUT2D eigenvalue weighted by Gasteiger charge is 2.21. The van der Waals surface area contributed by atoms with Crippen LogP contribution in [0.4, 0.5) is 5.13 Å². The first-order valence-corrected chi connectivity index (χ1v) is 12.5. The molecule has 4 aromatic rings. The van der Waals surface area contributed by atoms with Gasteiger partial charge in [-0.2, -0.15) is 4.31 Å². The zero-order chi connectivity index (χ0) is 23.4. The van der Waals surface area contributed by atoms with Crippen LogP contribution in [0.5, 0.6) is 0 Å². The van der Waals surface area contributed by atoms with Gasteiger partial charge >= 0.3 is 0 Å². The third-order valence-corrected chi connectivity index (χ3v) is 7.84. The van der Waals surface area contributed by atoms with Gasteiger partial charge in [0.1, 0.15) is 0 Å². The lowest BCUT2D eigenvalue weighted by Gasteiger charge is -2.17. The number of benzene rings is 3. The summed E-state index contributed by atoms with van der Waals surface area (Å²) in [5, 5.41) is 3.31. The molecule has 0 bridgehead atoms. The number of carbonyl (C=O) groups excluding carboxylic acids is 1. The lowest BCUT2D eigenvalue weighted by atomic mass is 10.1. The minimum absolute atomic E-state index is 0.133. The zero-order valence-electron chi connectivity index (χ0n) is 18.2. The van der Waals surface area contributed by atoms with Crippen molar-refractivity contribution in [2.24, 2.45) is 0 Å². The number of sulfonamides is 1. The predicted molar refractivity (Wildman–Crippen MR) is 132 cm³/mol. The number of nitrogens with zero attached hydrogens (tertiary/aromatic N) is 2. The Morgan fingerprint density at radius 1 is 0.939 bits per heavy atom. The summed E-state index contributed by atoms with van der Waals surface area (Å²) in [7, 11) is -2.14. The van der Waals surface area contributed by atoms with Crippen LogP contribution in [0.25, 0.3) is 11.3 Å². The van der Waals surface area contributed by atoms with Gasteiger partial charge in [0, 0.05) is 29.6 Å². The molecule has 0 spiro atoms. The van der Waals surface area contributed by atoms with Crippen molar-refractivity contribution in [1.82, 2.24) is 9.29 Å². The molecule has 0 fully saturated rings. The van der Waals surface area contributed by atoms with Crippen LogP contribution in [-0.4, -0.2) is 30.7 Å². The molecule has 168 valence electrons. The Morgan fingerprint density at radius 2 is 1.55 bits per heavy atom. The first-order chi connectivity index (χ1) is 15.8. The fraction of sp³-hybridized carbons (Fsp3) is 0.120. The number of carbonyl (C=O) groups is 1. The van der Waals surface area contributed by atoms with Crippen molar-refractivity contribution in [2.45, 2.75) is 18.4 Å². The largest absolute Gasteiger partial charge is 0.298 e. The number of hydrogen-bond donors (Lipinski definition) is 1. The zero-order valence-corrected chi connectivity index (χ0v) is 19.9. The molecule has 1 amide bonds. The first-order valence-electron chi connectivity index (χ1n) is 10.3. The van der Waals surface area contributed by atoms with Crippen molar-refractivity contribution in [3.63, 3.8) is 0 Å². The van der Waals surface area contributed by atoms with Gasteiger partial charge in [0.25, 0.3) is 5.91 Å². The Kier molecular flexibility index (Phi) is 6.69. The van der Waals surface area contributed by atoms with Gasteiger partial charge in [-0.25, -0.2) is 13.4 Å². The SMILES string of the molecule is Cc1sc(NC(=O)c2ccc(S(=O)(=O)N(C)Cc3ccccc3)cc2)nc1-c1ccccc1. The van der Waals surface area contributed by atoms with Crippen LogP contribution in [0.3, 0.4) is 0 Å². The molecule has 3 aromatic carbocycles. The molecule has 6 nitrogen and oxygen atoms in total. The molecular formula is C25H23N3O3S2. The number of amides is 1. The minimum Gasteiger partial charge on any atom is -0.298 e. The van der Waals surface area contributed by atoms with Crippen molar-refractivity contribution < 1.29 is 13.2 Å². The number of aromatic nitrogens is 1. The normalized spacial score (nSPS) is 11.5. The summed E-state index contributed by atoms with van der Waals surface area (Å²) in [4.78, 5) is 18.4. The van der Waals surface area contributed by atoms with Crippen LogP contribution in [0.2, 0.25) is 0 Å². The van der Waals surface area contributed by atoms with Crippen molar-refractivity contribution in [2.75, 3.05) is 12.4 Å². The first kappa shape index (κ1) is 22.8. The Balaban J connectivity index is 1.46. The second-order valence-corrected chi connectivity index (χ2v) is 10.8.